The van der Waals surface area contributed by atoms with Crippen molar-refractivity contribution in [3.05, 3.63) is 41.6 Å². The largest absolute Gasteiger partial charge is 0.508 e. The highest BCUT2D eigenvalue weighted by atomic mass is 16.3. The number of aryl methyl sites for hydroxylation is 1. The first-order valence-electron chi connectivity index (χ1n) is 7.39. The molecular formula is C16H17N3O2. The molecule has 0 aliphatic heterocycles. The van der Waals surface area contributed by atoms with Gasteiger partial charge in [0.05, 0.1) is 18.2 Å². The molecule has 1 unspecified atom stereocenters. The van der Waals surface area contributed by atoms with Crippen LogP contribution < -0.4 is 5.32 Å². The van der Waals surface area contributed by atoms with Gasteiger partial charge in [0.25, 0.3) is 0 Å². The van der Waals surface area contributed by atoms with Crippen LogP contribution in [0.5, 0.6) is 5.75 Å². The van der Waals surface area contributed by atoms with E-state index in [4.69, 9.17) is 0 Å². The van der Waals surface area contributed by atoms with Gasteiger partial charge < -0.3 is 10.4 Å². The first-order valence-corrected chi connectivity index (χ1v) is 7.39. The number of hydrogen-bond acceptors (Lipinski definition) is 3. The van der Waals surface area contributed by atoms with Crippen molar-refractivity contribution in [1.29, 1.82) is 0 Å². The van der Waals surface area contributed by atoms with E-state index in [9.17, 15) is 9.90 Å². The first kappa shape index (κ1) is 12.4. The number of aromatic nitrogens is 2. The fourth-order valence-corrected chi connectivity index (χ4v) is 3.16. The second-order valence-corrected chi connectivity index (χ2v) is 5.82. The summed E-state index contributed by atoms with van der Waals surface area (Å²) >= 11 is 0. The minimum Gasteiger partial charge on any atom is -0.508 e. The minimum absolute atomic E-state index is 0.0577. The van der Waals surface area contributed by atoms with Crippen LogP contribution in [0.2, 0.25) is 0 Å². The van der Waals surface area contributed by atoms with E-state index in [1.807, 2.05) is 22.9 Å². The predicted octanol–water partition coefficient (Wildman–Crippen LogP) is 2.59. The molecule has 108 valence electrons. The van der Waals surface area contributed by atoms with Gasteiger partial charge in [0.1, 0.15) is 11.6 Å². The number of phenolic OH excluding ortho intramolecular Hbond substituents is 1. The summed E-state index contributed by atoms with van der Waals surface area (Å²) in [5.74, 6) is 0.647. The molecule has 1 saturated carbocycles. The Morgan fingerprint density at radius 1 is 1.29 bits per heavy atom. The van der Waals surface area contributed by atoms with Gasteiger partial charge in [-0.15, -0.1) is 0 Å². The van der Waals surface area contributed by atoms with E-state index < -0.39 is 0 Å². The molecule has 21 heavy (non-hydrogen) atoms. The molecular weight excluding hydrogens is 266 g/mol. The van der Waals surface area contributed by atoms with Gasteiger partial charge in [-0.2, -0.15) is 5.10 Å². The Labute approximate surface area is 122 Å². The van der Waals surface area contributed by atoms with Crippen molar-refractivity contribution in [2.75, 3.05) is 5.32 Å². The number of aromatic hydroxyl groups is 1. The molecule has 2 N–H and O–H groups in total. The summed E-state index contributed by atoms with van der Waals surface area (Å²) < 4.78 is 1.89. The van der Waals surface area contributed by atoms with E-state index in [1.54, 1.807) is 12.3 Å². The molecule has 1 aromatic carbocycles. The molecule has 1 heterocycles. The Morgan fingerprint density at radius 2 is 2.14 bits per heavy atom. The zero-order valence-corrected chi connectivity index (χ0v) is 11.6. The number of hydrogen-bond donors (Lipinski definition) is 2. The molecule has 1 atom stereocenters. The number of benzene rings is 1. The number of carbonyl (C=O) groups excluding carboxylic acids is 1. The summed E-state index contributed by atoms with van der Waals surface area (Å²) in [4.78, 5) is 12.6. The topological polar surface area (TPSA) is 67.2 Å². The van der Waals surface area contributed by atoms with E-state index >= 15 is 0 Å². The molecule has 0 bridgehead atoms. The van der Waals surface area contributed by atoms with Crippen LogP contribution in [-0.4, -0.2) is 20.8 Å². The van der Waals surface area contributed by atoms with Gasteiger partial charge in [0.2, 0.25) is 5.91 Å². The molecule has 0 saturated heterocycles. The highest BCUT2D eigenvalue weighted by Crippen LogP contribution is 2.40. The van der Waals surface area contributed by atoms with Crippen LogP contribution >= 0.6 is 0 Å². The third-order valence-electron chi connectivity index (χ3n) is 4.36. The first-order chi connectivity index (χ1) is 10.2. The van der Waals surface area contributed by atoms with E-state index in [0.29, 0.717) is 6.04 Å². The van der Waals surface area contributed by atoms with Crippen molar-refractivity contribution in [3.8, 4) is 5.75 Å². The van der Waals surface area contributed by atoms with Crippen LogP contribution in [0.15, 0.2) is 30.5 Å². The van der Waals surface area contributed by atoms with Crippen LogP contribution in [0.1, 0.15) is 42.3 Å². The summed E-state index contributed by atoms with van der Waals surface area (Å²) in [5.41, 5.74) is 1.86. The molecule has 4 rings (SSSR count). The van der Waals surface area contributed by atoms with Gasteiger partial charge in [-0.05, 0) is 37.3 Å². The molecule has 1 fully saturated rings. The van der Waals surface area contributed by atoms with Gasteiger partial charge in [-0.1, -0.05) is 12.1 Å². The zero-order valence-electron chi connectivity index (χ0n) is 11.6. The summed E-state index contributed by atoms with van der Waals surface area (Å²) in [6.07, 6.45) is 5.54. The number of amides is 1. The van der Waals surface area contributed by atoms with E-state index in [0.717, 1.165) is 42.6 Å². The van der Waals surface area contributed by atoms with E-state index in [-0.39, 0.29) is 17.6 Å². The standard InChI is InChI=1S/C16H17N3O2/c20-13-3-1-2-10-4-7-12(15(10)13)16(21)18-14-8-9-17-19(14)11-5-6-11/h1-3,8-9,11-12,20H,4-7H2,(H,18,21). The Hall–Kier alpha value is -2.30. The molecule has 2 aromatic rings. The number of nitrogens with one attached hydrogen (secondary N) is 1. The lowest BCUT2D eigenvalue weighted by Crippen LogP contribution is -2.21. The van der Waals surface area contributed by atoms with E-state index in [2.05, 4.69) is 10.4 Å². The van der Waals surface area contributed by atoms with Crippen molar-refractivity contribution < 1.29 is 9.90 Å². The number of fused-ring (bicyclic) bond motifs is 1. The summed E-state index contributed by atoms with van der Waals surface area (Å²) in [7, 11) is 0. The lowest BCUT2D eigenvalue weighted by molar-refractivity contribution is -0.117. The summed E-state index contributed by atoms with van der Waals surface area (Å²) in [6.45, 7) is 0. The van der Waals surface area contributed by atoms with Crippen molar-refractivity contribution in [1.82, 2.24) is 9.78 Å². The van der Waals surface area contributed by atoms with Gasteiger partial charge in [0, 0.05) is 11.6 Å². The number of anilines is 1. The fraction of sp³-hybridized carbons (Fsp3) is 0.375. The van der Waals surface area contributed by atoms with Gasteiger partial charge in [-0.25, -0.2) is 4.68 Å². The molecule has 2 aliphatic carbocycles. The monoisotopic (exact) mass is 283 g/mol. The molecule has 5 nitrogen and oxygen atoms in total. The average Bonchev–Trinajstić information content (AvgIpc) is 3.05. The molecule has 2 aliphatic rings. The second kappa shape index (κ2) is 4.62. The third-order valence-corrected chi connectivity index (χ3v) is 4.36. The van der Waals surface area contributed by atoms with Crippen LogP contribution in [0.3, 0.4) is 0 Å². The summed E-state index contributed by atoms with van der Waals surface area (Å²) in [6, 6.07) is 7.73. The van der Waals surface area contributed by atoms with Crippen LogP contribution in [-0.2, 0) is 11.2 Å². The SMILES string of the molecule is O=C(Nc1ccnn1C1CC1)C1CCc2cccc(O)c21. The number of phenols is 1. The Bertz CT molecular complexity index is 703. The minimum atomic E-state index is -0.274. The Balaban J connectivity index is 1.58. The molecule has 1 aromatic heterocycles. The average molecular weight is 283 g/mol. The zero-order chi connectivity index (χ0) is 14.4. The second-order valence-electron chi connectivity index (χ2n) is 5.82. The predicted molar refractivity (Wildman–Crippen MR) is 78.3 cm³/mol. The maximum absolute atomic E-state index is 12.6. The molecule has 1 amide bonds. The fourth-order valence-electron chi connectivity index (χ4n) is 3.16. The van der Waals surface area contributed by atoms with Crippen LogP contribution in [0.4, 0.5) is 5.82 Å². The maximum atomic E-state index is 12.6. The maximum Gasteiger partial charge on any atom is 0.233 e. The number of carbonyl (C=O) groups is 1. The Kier molecular flexibility index (Phi) is 2.74. The lowest BCUT2D eigenvalue weighted by Gasteiger charge is -2.14. The van der Waals surface area contributed by atoms with Gasteiger partial charge in [0.15, 0.2) is 0 Å². The van der Waals surface area contributed by atoms with Gasteiger partial charge in [-0.3, -0.25) is 4.79 Å². The quantitative estimate of drug-likeness (QED) is 0.909. The van der Waals surface area contributed by atoms with Crippen molar-refractivity contribution in [2.24, 2.45) is 0 Å². The molecule has 0 spiro atoms. The highest BCUT2D eigenvalue weighted by Gasteiger charge is 2.32. The normalized spacial score (nSPS) is 20.3. The summed E-state index contributed by atoms with van der Waals surface area (Å²) in [5, 5.41) is 17.3. The highest BCUT2D eigenvalue weighted by molar-refractivity contribution is 5.96. The molecule has 5 heteroatoms. The van der Waals surface area contributed by atoms with Crippen LogP contribution in [0, 0.1) is 0 Å². The number of nitrogens with zero attached hydrogens (tertiary/aromatic N) is 2. The van der Waals surface area contributed by atoms with Crippen molar-refractivity contribution >= 4 is 11.7 Å². The lowest BCUT2D eigenvalue weighted by atomic mass is 9.99. The number of rotatable bonds is 3. The van der Waals surface area contributed by atoms with Crippen LogP contribution in [0.25, 0.3) is 0 Å². The van der Waals surface area contributed by atoms with Crippen molar-refractivity contribution in [2.45, 2.75) is 37.6 Å². The van der Waals surface area contributed by atoms with E-state index in [1.165, 1.54) is 0 Å². The van der Waals surface area contributed by atoms with Crippen molar-refractivity contribution in [3.63, 3.8) is 0 Å². The third kappa shape index (κ3) is 2.09. The smallest absolute Gasteiger partial charge is 0.233 e. The Morgan fingerprint density at radius 3 is 2.95 bits per heavy atom. The molecule has 0 radical (unpaired) electrons. The van der Waals surface area contributed by atoms with Gasteiger partial charge >= 0.3 is 0 Å².